The first-order valence-electron chi connectivity index (χ1n) is 0. The summed E-state index contributed by atoms with van der Waals surface area (Å²) < 4.78 is 0. The Hall–Kier alpha value is 3.29. The first-order valence-corrected chi connectivity index (χ1v) is 0. The Morgan fingerprint density at radius 1 is 0.600 bits per heavy atom. The van der Waals surface area contributed by atoms with Gasteiger partial charge in [-0.15, -0.1) is 0 Å². The first kappa shape index (κ1) is 40.7. The fourth-order valence-corrected chi connectivity index (χ4v) is 0. The van der Waals surface area contributed by atoms with Crippen LogP contribution in [0.4, 0.5) is 0 Å². The summed E-state index contributed by atoms with van der Waals surface area (Å²) in [6, 6.07) is 0. The van der Waals surface area contributed by atoms with Crippen molar-refractivity contribution in [3.05, 3.63) is 0 Å². The van der Waals surface area contributed by atoms with E-state index in [1.807, 2.05) is 0 Å². The average Bonchev–Trinajstić information content (AvgIpc) is 0. The van der Waals surface area contributed by atoms with Crippen molar-refractivity contribution in [2.24, 2.45) is 0 Å². The van der Waals surface area contributed by atoms with Crippen LogP contribution in [0.2, 0.25) is 0 Å². The molecular formula is Br2HfI2. The molecule has 0 spiro atoms. The van der Waals surface area contributed by atoms with Crippen molar-refractivity contribution in [3.63, 3.8) is 0 Å². The van der Waals surface area contributed by atoms with Crippen molar-refractivity contribution in [1.29, 1.82) is 0 Å². The quantitative estimate of drug-likeness (QED) is 0.194. The molecule has 5 heteroatoms. The van der Waals surface area contributed by atoms with Gasteiger partial charge in [0.25, 0.3) is 0 Å². The number of hydrogen-bond donors (Lipinski definition) is 0. The molecule has 0 amide bonds. The Kier molecular flexibility index (Phi) is 217. The van der Waals surface area contributed by atoms with Gasteiger partial charge in [0.1, 0.15) is 0 Å². The zero-order valence-corrected chi connectivity index (χ0v) is 13.1. The van der Waals surface area contributed by atoms with Gasteiger partial charge in [-0.25, -0.2) is 0 Å². The molecule has 0 aliphatic carbocycles. The van der Waals surface area contributed by atoms with E-state index in [1.54, 1.807) is 0 Å². The van der Waals surface area contributed by atoms with Gasteiger partial charge >= 0.3 is 25.8 Å². The zero-order chi connectivity index (χ0) is 0. The Morgan fingerprint density at radius 2 is 0.600 bits per heavy atom. The van der Waals surface area contributed by atoms with Crippen LogP contribution in [0.1, 0.15) is 0 Å². The largest absolute Gasteiger partial charge is 4.00 e. The Labute approximate surface area is 106 Å². The predicted molar refractivity (Wildman–Crippen MR) is 0 cm³/mol. The maximum absolute atomic E-state index is 0. The van der Waals surface area contributed by atoms with Gasteiger partial charge in [-0.2, -0.15) is 0 Å². The van der Waals surface area contributed by atoms with Crippen LogP contribution in [0.5, 0.6) is 0 Å². The number of halogens is 4. The van der Waals surface area contributed by atoms with Crippen LogP contribution in [-0.4, -0.2) is 0 Å². The molecule has 0 aromatic heterocycles. The molecule has 0 bridgehead atoms. The molecule has 5 heavy (non-hydrogen) atoms. The van der Waals surface area contributed by atoms with Crippen molar-refractivity contribution in [3.8, 4) is 0 Å². The van der Waals surface area contributed by atoms with Crippen molar-refractivity contribution >= 4 is 0 Å². The van der Waals surface area contributed by atoms with E-state index in [2.05, 4.69) is 0 Å². The summed E-state index contributed by atoms with van der Waals surface area (Å²) in [5.41, 5.74) is 0. The standard InChI is InChI=1S/2BrH.Hf.2HI/h2*1H;;2*1H/q;;+4;;/p-4. The van der Waals surface area contributed by atoms with Crippen molar-refractivity contribution in [2.75, 3.05) is 0 Å². The van der Waals surface area contributed by atoms with E-state index in [0.29, 0.717) is 0 Å². The molecule has 0 atom stereocenters. The van der Waals surface area contributed by atoms with Crippen molar-refractivity contribution in [2.45, 2.75) is 0 Å². The number of rotatable bonds is 0. The average molecular weight is 592 g/mol. The number of hydrogen-bond acceptors (Lipinski definition) is 0. The Bertz CT molecular complexity index is 7.61. The van der Waals surface area contributed by atoms with Crippen LogP contribution in [0.25, 0.3) is 0 Å². The van der Waals surface area contributed by atoms with Gasteiger partial charge in [0.2, 0.25) is 0 Å². The minimum Gasteiger partial charge on any atom is -1.00 e. The van der Waals surface area contributed by atoms with Gasteiger partial charge in [-0.05, 0) is 0 Å². The molecule has 0 aliphatic heterocycles. The minimum atomic E-state index is 0. The monoisotopic (exact) mass is 592 g/mol. The van der Waals surface area contributed by atoms with Crippen LogP contribution < -0.4 is 81.9 Å². The van der Waals surface area contributed by atoms with Crippen molar-refractivity contribution in [1.82, 2.24) is 0 Å². The topological polar surface area (TPSA) is 0 Å². The van der Waals surface area contributed by atoms with Crippen molar-refractivity contribution < 1.29 is 108 Å². The van der Waals surface area contributed by atoms with Gasteiger partial charge in [0.05, 0.1) is 0 Å². The van der Waals surface area contributed by atoms with Crippen LogP contribution in [0, 0.1) is 0 Å². The summed E-state index contributed by atoms with van der Waals surface area (Å²) in [5.74, 6) is 0. The third-order valence-corrected chi connectivity index (χ3v) is 0. The van der Waals surface area contributed by atoms with E-state index < -0.39 is 0 Å². The molecular weight excluding hydrogens is 592 g/mol. The molecule has 0 saturated carbocycles. The minimum absolute atomic E-state index is 0. The van der Waals surface area contributed by atoms with Gasteiger partial charge < -0.3 is 81.9 Å². The van der Waals surface area contributed by atoms with E-state index in [-0.39, 0.29) is 108 Å². The summed E-state index contributed by atoms with van der Waals surface area (Å²) in [6.07, 6.45) is 0. The molecule has 0 N–H and O–H groups in total. The van der Waals surface area contributed by atoms with Gasteiger partial charge in [0.15, 0.2) is 0 Å². The maximum Gasteiger partial charge on any atom is 4.00 e. The fraction of sp³-hybridized carbons (Fsp3) is 0. The van der Waals surface area contributed by atoms with Crippen LogP contribution >= 0.6 is 0 Å². The third-order valence-electron chi connectivity index (χ3n) is 0. The first-order chi connectivity index (χ1) is 0. The maximum atomic E-state index is 0. The SMILES string of the molecule is [Br-].[Br-].[Hf+4].[I-].[I-]. The molecule has 0 aliphatic rings. The third kappa shape index (κ3) is 18.8. The molecule has 0 fully saturated rings. The summed E-state index contributed by atoms with van der Waals surface area (Å²) in [5, 5.41) is 0. The molecule has 0 aromatic carbocycles. The van der Waals surface area contributed by atoms with Gasteiger partial charge in [-0.3, -0.25) is 0 Å². The Balaban J connectivity index is 0. The van der Waals surface area contributed by atoms with Crippen LogP contribution in [0.15, 0.2) is 0 Å². The van der Waals surface area contributed by atoms with E-state index in [1.165, 1.54) is 0 Å². The second-order valence-corrected chi connectivity index (χ2v) is 0. The van der Waals surface area contributed by atoms with Crippen LogP contribution in [0.3, 0.4) is 0 Å². The molecule has 32 valence electrons. The second-order valence-electron chi connectivity index (χ2n) is 0. The fourth-order valence-electron chi connectivity index (χ4n) is 0. The normalized spacial score (nSPS) is 0. The second kappa shape index (κ2) is 26.6. The smallest absolute Gasteiger partial charge is 1.00 e. The van der Waals surface area contributed by atoms with E-state index >= 15 is 0 Å². The summed E-state index contributed by atoms with van der Waals surface area (Å²) in [4.78, 5) is 0. The van der Waals surface area contributed by atoms with E-state index in [0.717, 1.165) is 0 Å². The van der Waals surface area contributed by atoms with Gasteiger partial charge in [0, 0.05) is 0 Å². The molecule has 0 saturated heterocycles. The summed E-state index contributed by atoms with van der Waals surface area (Å²) in [7, 11) is 0. The molecule has 0 radical (unpaired) electrons. The van der Waals surface area contributed by atoms with Gasteiger partial charge in [-0.1, -0.05) is 0 Å². The van der Waals surface area contributed by atoms with E-state index in [9.17, 15) is 0 Å². The summed E-state index contributed by atoms with van der Waals surface area (Å²) >= 11 is 0. The molecule has 0 heterocycles. The summed E-state index contributed by atoms with van der Waals surface area (Å²) in [6.45, 7) is 0. The Morgan fingerprint density at radius 3 is 0.600 bits per heavy atom. The molecule has 0 nitrogen and oxygen atoms in total. The molecule has 0 aromatic rings. The molecule has 0 unspecified atom stereocenters. The molecule has 0 rings (SSSR count). The van der Waals surface area contributed by atoms with E-state index in [4.69, 9.17) is 0 Å². The zero-order valence-electron chi connectivity index (χ0n) is 2.01. The van der Waals surface area contributed by atoms with Crippen LogP contribution in [-0.2, 0) is 25.8 Å². The predicted octanol–water partition coefficient (Wildman–Crippen LogP) is -12.0.